The van der Waals surface area contributed by atoms with E-state index in [1.807, 2.05) is 53.4 Å². The summed E-state index contributed by atoms with van der Waals surface area (Å²) in [7, 11) is 0. The van der Waals surface area contributed by atoms with Crippen molar-refractivity contribution in [3.8, 4) is 0 Å². The van der Waals surface area contributed by atoms with Crippen LogP contribution in [-0.4, -0.2) is 42.9 Å². The third kappa shape index (κ3) is 4.54. The molecule has 0 bridgehead atoms. The van der Waals surface area contributed by atoms with Crippen molar-refractivity contribution in [1.82, 2.24) is 15.5 Å². The van der Waals surface area contributed by atoms with E-state index in [2.05, 4.69) is 10.6 Å². The number of rotatable bonds is 5. The maximum atomic E-state index is 12.9. The van der Waals surface area contributed by atoms with E-state index in [9.17, 15) is 9.59 Å². The normalized spacial score (nSPS) is 21.5. The topological polar surface area (TPSA) is 61.4 Å². The molecular weight excluding hydrogens is 374 g/mol. The first-order chi connectivity index (χ1) is 13.2. The fourth-order valence-corrected chi connectivity index (χ4v) is 4.13. The summed E-state index contributed by atoms with van der Waals surface area (Å²) in [5, 5.41) is 6.46. The molecule has 2 heterocycles. The Bertz CT molecular complexity index is 788. The van der Waals surface area contributed by atoms with Crippen molar-refractivity contribution in [2.24, 2.45) is 11.8 Å². The summed E-state index contributed by atoms with van der Waals surface area (Å²) < 4.78 is 0. The van der Waals surface area contributed by atoms with Gasteiger partial charge in [-0.3, -0.25) is 9.59 Å². The molecule has 2 N–H and O–H groups in total. The quantitative estimate of drug-likeness (QED) is 0.812. The number of halogens is 1. The van der Waals surface area contributed by atoms with E-state index >= 15 is 0 Å². The first-order valence-electron chi connectivity index (χ1n) is 9.60. The number of likely N-dealkylation sites (tertiary alicyclic amines) is 1. The highest BCUT2D eigenvalue weighted by Crippen LogP contribution is 2.28. The van der Waals surface area contributed by atoms with Gasteiger partial charge in [0.1, 0.15) is 0 Å². The van der Waals surface area contributed by atoms with Crippen molar-refractivity contribution >= 4 is 24.2 Å². The van der Waals surface area contributed by atoms with Crippen molar-refractivity contribution in [2.75, 3.05) is 26.2 Å². The summed E-state index contributed by atoms with van der Waals surface area (Å²) in [6, 6.07) is 18.6. The highest BCUT2D eigenvalue weighted by Gasteiger charge is 2.38. The second kappa shape index (κ2) is 9.22. The molecule has 1 unspecified atom stereocenters. The number of nitrogens with zero attached hydrogens (tertiary/aromatic N) is 1. The summed E-state index contributed by atoms with van der Waals surface area (Å²) >= 11 is 0. The Morgan fingerprint density at radius 2 is 1.54 bits per heavy atom. The molecule has 148 valence electrons. The molecule has 2 aromatic carbocycles. The zero-order valence-electron chi connectivity index (χ0n) is 15.7. The zero-order chi connectivity index (χ0) is 18.6. The Kier molecular flexibility index (Phi) is 6.70. The highest BCUT2D eigenvalue weighted by molar-refractivity contribution is 5.94. The number of benzene rings is 2. The van der Waals surface area contributed by atoms with Gasteiger partial charge in [0.05, 0.1) is 12.5 Å². The minimum atomic E-state index is -0.329. The SMILES string of the molecule is Cl.O=C(NC(CC(=O)N1C[C@H]2CNC[C@H]2C1)c1ccccc1)c1ccccc1. The van der Waals surface area contributed by atoms with E-state index in [1.165, 1.54) is 0 Å². The Hall–Kier alpha value is -2.37. The molecule has 0 aliphatic carbocycles. The first-order valence-corrected chi connectivity index (χ1v) is 9.60. The van der Waals surface area contributed by atoms with Crippen LogP contribution in [0, 0.1) is 11.8 Å². The highest BCUT2D eigenvalue weighted by atomic mass is 35.5. The van der Waals surface area contributed by atoms with Crippen molar-refractivity contribution in [3.05, 3.63) is 71.8 Å². The van der Waals surface area contributed by atoms with Crippen LogP contribution in [0.1, 0.15) is 28.4 Å². The molecule has 2 aliphatic heterocycles. The lowest BCUT2D eigenvalue weighted by Crippen LogP contribution is -2.36. The lowest BCUT2D eigenvalue weighted by Gasteiger charge is -2.23. The molecule has 2 amide bonds. The minimum Gasteiger partial charge on any atom is -0.345 e. The van der Waals surface area contributed by atoms with Crippen molar-refractivity contribution < 1.29 is 9.59 Å². The van der Waals surface area contributed by atoms with Crippen LogP contribution in [0.2, 0.25) is 0 Å². The smallest absolute Gasteiger partial charge is 0.251 e. The summed E-state index contributed by atoms with van der Waals surface area (Å²) in [6.07, 6.45) is 0.287. The van der Waals surface area contributed by atoms with Crippen molar-refractivity contribution in [2.45, 2.75) is 12.5 Å². The predicted octanol–water partition coefficient (Wildman–Crippen LogP) is 2.65. The van der Waals surface area contributed by atoms with Crippen LogP contribution in [-0.2, 0) is 4.79 Å². The second-order valence-corrected chi connectivity index (χ2v) is 7.48. The van der Waals surface area contributed by atoms with Crippen molar-refractivity contribution in [1.29, 1.82) is 0 Å². The molecule has 28 heavy (non-hydrogen) atoms. The fraction of sp³-hybridized carbons (Fsp3) is 0.364. The van der Waals surface area contributed by atoms with Crippen LogP contribution in [0.3, 0.4) is 0 Å². The van der Waals surface area contributed by atoms with E-state index in [0.717, 1.165) is 31.7 Å². The first kappa shape index (κ1) is 20.4. The van der Waals surface area contributed by atoms with Gasteiger partial charge in [-0.2, -0.15) is 0 Å². The standard InChI is InChI=1S/C22H25N3O2.ClH/c26-21(25-14-18-12-23-13-19(18)15-25)11-20(16-7-3-1-4-8-16)24-22(27)17-9-5-2-6-10-17;/h1-10,18-20,23H,11-15H2,(H,24,27);1H/t18-,19+,20?;. The molecule has 2 aliphatic rings. The average molecular weight is 400 g/mol. The molecule has 5 nitrogen and oxygen atoms in total. The van der Waals surface area contributed by atoms with Crippen LogP contribution in [0.15, 0.2) is 60.7 Å². The van der Waals surface area contributed by atoms with Crippen LogP contribution >= 0.6 is 12.4 Å². The third-order valence-corrected chi connectivity index (χ3v) is 5.66. The largest absolute Gasteiger partial charge is 0.345 e. The zero-order valence-corrected chi connectivity index (χ0v) is 16.5. The molecule has 0 aromatic heterocycles. The Balaban J connectivity index is 0.00000225. The predicted molar refractivity (Wildman–Crippen MR) is 111 cm³/mol. The Morgan fingerprint density at radius 1 is 0.964 bits per heavy atom. The van der Waals surface area contributed by atoms with E-state index in [1.54, 1.807) is 12.1 Å². The lowest BCUT2D eigenvalue weighted by molar-refractivity contribution is -0.131. The molecule has 2 saturated heterocycles. The molecule has 2 aromatic rings. The monoisotopic (exact) mass is 399 g/mol. The van der Waals surface area contributed by atoms with Crippen LogP contribution in [0.5, 0.6) is 0 Å². The molecule has 4 rings (SSSR count). The molecule has 0 radical (unpaired) electrons. The van der Waals surface area contributed by atoms with E-state index in [0.29, 0.717) is 17.4 Å². The van der Waals surface area contributed by atoms with Gasteiger partial charge in [0, 0.05) is 31.7 Å². The summed E-state index contributed by atoms with van der Waals surface area (Å²) in [4.78, 5) is 27.6. The molecular formula is C22H26ClN3O2. The van der Waals surface area contributed by atoms with Gasteiger partial charge < -0.3 is 15.5 Å². The number of fused-ring (bicyclic) bond motifs is 1. The summed E-state index contributed by atoms with van der Waals surface area (Å²) in [5.41, 5.74) is 1.56. The maximum Gasteiger partial charge on any atom is 0.251 e. The lowest BCUT2D eigenvalue weighted by atomic mass is 10.0. The molecule has 3 atom stereocenters. The fourth-order valence-electron chi connectivity index (χ4n) is 4.13. The van der Waals surface area contributed by atoms with E-state index < -0.39 is 0 Å². The van der Waals surface area contributed by atoms with Gasteiger partial charge in [-0.15, -0.1) is 12.4 Å². The van der Waals surface area contributed by atoms with Gasteiger partial charge in [0.25, 0.3) is 5.91 Å². The third-order valence-electron chi connectivity index (χ3n) is 5.66. The van der Waals surface area contributed by atoms with Crippen LogP contribution in [0.25, 0.3) is 0 Å². The number of carbonyl (C=O) groups is 2. The summed E-state index contributed by atoms with van der Waals surface area (Å²) in [5.74, 6) is 1.11. The van der Waals surface area contributed by atoms with Gasteiger partial charge in [-0.1, -0.05) is 48.5 Å². The van der Waals surface area contributed by atoms with E-state index in [4.69, 9.17) is 0 Å². The molecule has 2 fully saturated rings. The average Bonchev–Trinajstić information content (AvgIpc) is 3.31. The summed E-state index contributed by atoms with van der Waals surface area (Å²) in [6.45, 7) is 3.65. The molecule has 0 spiro atoms. The maximum absolute atomic E-state index is 12.9. The van der Waals surface area contributed by atoms with Gasteiger partial charge in [0.15, 0.2) is 0 Å². The molecule has 6 heteroatoms. The van der Waals surface area contributed by atoms with Crippen LogP contribution < -0.4 is 10.6 Å². The van der Waals surface area contributed by atoms with E-state index in [-0.39, 0.29) is 36.7 Å². The Morgan fingerprint density at radius 3 is 2.14 bits per heavy atom. The number of amides is 2. The van der Waals surface area contributed by atoms with Crippen LogP contribution in [0.4, 0.5) is 0 Å². The number of hydrogen-bond donors (Lipinski definition) is 2. The van der Waals surface area contributed by atoms with Gasteiger partial charge in [-0.25, -0.2) is 0 Å². The van der Waals surface area contributed by atoms with Gasteiger partial charge >= 0.3 is 0 Å². The van der Waals surface area contributed by atoms with Crippen molar-refractivity contribution in [3.63, 3.8) is 0 Å². The van der Waals surface area contributed by atoms with Gasteiger partial charge in [0.2, 0.25) is 5.91 Å². The molecule has 0 saturated carbocycles. The van der Waals surface area contributed by atoms with Gasteiger partial charge in [-0.05, 0) is 29.5 Å². The Labute approximate surface area is 171 Å². The minimum absolute atomic E-state index is 0. The second-order valence-electron chi connectivity index (χ2n) is 7.48. The number of carbonyl (C=O) groups excluding carboxylic acids is 2. The number of nitrogens with one attached hydrogen (secondary N) is 2. The number of hydrogen-bond acceptors (Lipinski definition) is 3.